The Morgan fingerprint density at radius 3 is 2.35 bits per heavy atom. The molecule has 20 heavy (non-hydrogen) atoms. The van der Waals surface area contributed by atoms with E-state index in [-0.39, 0.29) is 17.7 Å². The van der Waals surface area contributed by atoms with E-state index in [4.69, 9.17) is 0 Å². The van der Waals surface area contributed by atoms with E-state index in [1.54, 1.807) is 30.3 Å². The zero-order chi connectivity index (χ0) is 14.5. The molecule has 0 spiro atoms. The Balaban J connectivity index is 2.06. The molecule has 0 unspecified atom stereocenters. The van der Waals surface area contributed by atoms with Gasteiger partial charge in [0.05, 0.1) is 4.88 Å². The van der Waals surface area contributed by atoms with E-state index in [9.17, 15) is 9.59 Å². The Kier molecular flexibility index (Phi) is 4.53. The Morgan fingerprint density at radius 1 is 1.05 bits per heavy atom. The lowest BCUT2D eigenvalue weighted by molar-refractivity contribution is -0.118. The predicted octanol–water partition coefficient (Wildman–Crippen LogP) is 3.59. The zero-order valence-corrected chi connectivity index (χ0v) is 12.2. The van der Waals surface area contributed by atoms with Crippen molar-refractivity contribution in [2.24, 2.45) is 5.92 Å². The van der Waals surface area contributed by atoms with Crippen molar-refractivity contribution < 1.29 is 9.59 Å². The first-order chi connectivity index (χ1) is 9.56. The van der Waals surface area contributed by atoms with Gasteiger partial charge in [0.1, 0.15) is 0 Å². The number of benzene rings is 1. The van der Waals surface area contributed by atoms with Gasteiger partial charge in [-0.1, -0.05) is 26.0 Å². The van der Waals surface area contributed by atoms with E-state index >= 15 is 0 Å². The maximum Gasteiger partial charge on any atom is 0.265 e. The van der Waals surface area contributed by atoms with Crippen molar-refractivity contribution in [2.45, 2.75) is 13.8 Å². The molecule has 0 fully saturated rings. The number of rotatable bonds is 4. The number of hydrogen-bond acceptors (Lipinski definition) is 3. The van der Waals surface area contributed by atoms with E-state index in [1.807, 2.05) is 25.3 Å². The maximum absolute atomic E-state index is 11.9. The second kappa shape index (κ2) is 6.34. The third-order valence-electron chi connectivity index (χ3n) is 2.66. The van der Waals surface area contributed by atoms with Crippen LogP contribution in [0.4, 0.5) is 11.4 Å². The minimum atomic E-state index is -0.146. The molecule has 5 heteroatoms. The summed E-state index contributed by atoms with van der Waals surface area (Å²) in [6, 6.07) is 10.7. The molecular weight excluding hydrogens is 272 g/mol. The highest BCUT2D eigenvalue weighted by atomic mass is 32.1. The maximum atomic E-state index is 11.9. The molecule has 0 aliphatic carbocycles. The summed E-state index contributed by atoms with van der Waals surface area (Å²) in [5, 5.41) is 7.46. The van der Waals surface area contributed by atoms with Crippen LogP contribution < -0.4 is 10.6 Å². The van der Waals surface area contributed by atoms with Gasteiger partial charge in [0.15, 0.2) is 0 Å². The highest BCUT2D eigenvalue weighted by Gasteiger charge is 2.09. The van der Waals surface area contributed by atoms with Crippen LogP contribution in [0, 0.1) is 5.92 Å². The van der Waals surface area contributed by atoms with Crippen LogP contribution in [0.15, 0.2) is 41.8 Å². The summed E-state index contributed by atoms with van der Waals surface area (Å²) < 4.78 is 0. The van der Waals surface area contributed by atoms with E-state index in [0.717, 1.165) is 0 Å². The van der Waals surface area contributed by atoms with Gasteiger partial charge in [-0.25, -0.2) is 0 Å². The Labute approximate surface area is 121 Å². The minimum absolute atomic E-state index is 0.0493. The number of nitrogens with one attached hydrogen (secondary N) is 2. The number of carbonyl (C=O) groups excluding carboxylic acids is 2. The van der Waals surface area contributed by atoms with Crippen molar-refractivity contribution in [3.8, 4) is 0 Å². The molecule has 0 saturated heterocycles. The summed E-state index contributed by atoms with van der Waals surface area (Å²) in [5.41, 5.74) is 1.33. The second-order valence-corrected chi connectivity index (χ2v) is 5.60. The molecule has 2 amide bonds. The smallest absolute Gasteiger partial charge is 0.265 e. The van der Waals surface area contributed by atoms with Crippen molar-refractivity contribution in [2.75, 3.05) is 10.6 Å². The van der Waals surface area contributed by atoms with E-state index in [0.29, 0.717) is 16.3 Å². The van der Waals surface area contributed by atoms with Crippen LogP contribution in [0.3, 0.4) is 0 Å². The molecular formula is C15H16N2O2S. The molecule has 2 rings (SSSR count). The number of carbonyl (C=O) groups is 2. The van der Waals surface area contributed by atoms with Crippen LogP contribution >= 0.6 is 11.3 Å². The van der Waals surface area contributed by atoms with Crippen LogP contribution in [-0.4, -0.2) is 11.8 Å². The number of thiophene rings is 1. The van der Waals surface area contributed by atoms with Crippen LogP contribution in [-0.2, 0) is 4.79 Å². The predicted molar refractivity (Wildman–Crippen MR) is 82.2 cm³/mol. The molecule has 0 aliphatic rings. The monoisotopic (exact) mass is 288 g/mol. The first-order valence-electron chi connectivity index (χ1n) is 6.32. The molecule has 1 heterocycles. The number of hydrogen-bond donors (Lipinski definition) is 2. The van der Waals surface area contributed by atoms with Crippen LogP contribution in [0.5, 0.6) is 0 Å². The molecule has 2 aromatic rings. The fourth-order valence-electron chi connectivity index (χ4n) is 1.56. The van der Waals surface area contributed by atoms with Gasteiger partial charge in [-0.15, -0.1) is 11.3 Å². The zero-order valence-electron chi connectivity index (χ0n) is 11.3. The summed E-state index contributed by atoms with van der Waals surface area (Å²) in [6.07, 6.45) is 0. The summed E-state index contributed by atoms with van der Waals surface area (Å²) >= 11 is 1.39. The first kappa shape index (κ1) is 14.3. The molecule has 2 N–H and O–H groups in total. The van der Waals surface area contributed by atoms with Crippen molar-refractivity contribution in [3.05, 3.63) is 46.7 Å². The normalized spacial score (nSPS) is 10.3. The summed E-state index contributed by atoms with van der Waals surface area (Å²) in [7, 11) is 0. The van der Waals surface area contributed by atoms with Gasteiger partial charge in [0.25, 0.3) is 5.91 Å². The van der Waals surface area contributed by atoms with Crippen molar-refractivity contribution in [1.29, 1.82) is 0 Å². The van der Waals surface area contributed by atoms with Gasteiger partial charge in [0, 0.05) is 17.3 Å². The fraction of sp³-hybridized carbons (Fsp3) is 0.200. The van der Waals surface area contributed by atoms with Crippen molar-refractivity contribution in [3.63, 3.8) is 0 Å². The Hall–Kier alpha value is -2.14. The van der Waals surface area contributed by atoms with Gasteiger partial charge in [-0.05, 0) is 29.6 Å². The average Bonchev–Trinajstić information content (AvgIpc) is 2.92. The van der Waals surface area contributed by atoms with E-state index in [1.165, 1.54) is 11.3 Å². The van der Waals surface area contributed by atoms with Gasteiger partial charge in [-0.3, -0.25) is 9.59 Å². The molecule has 1 aromatic carbocycles. The van der Waals surface area contributed by atoms with Gasteiger partial charge < -0.3 is 10.6 Å². The fourth-order valence-corrected chi connectivity index (χ4v) is 2.18. The van der Waals surface area contributed by atoms with Crippen molar-refractivity contribution >= 4 is 34.5 Å². The summed E-state index contributed by atoms with van der Waals surface area (Å²) in [4.78, 5) is 24.2. The van der Waals surface area contributed by atoms with Gasteiger partial charge in [0.2, 0.25) is 5.91 Å². The lowest BCUT2D eigenvalue weighted by Crippen LogP contribution is -2.18. The number of amides is 2. The first-order valence-corrected chi connectivity index (χ1v) is 7.20. The third kappa shape index (κ3) is 3.68. The molecule has 0 aliphatic heterocycles. The third-order valence-corrected chi connectivity index (χ3v) is 3.53. The SMILES string of the molecule is CC(C)C(=O)Nc1cccc(NC(=O)c2cccs2)c1. The largest absolute Gasteiger partial charge is 0.326 e. The minimum Gasteiger partial charge on any atom is -0.326 e. The molecule has 0 saturated carbocycles. The molecule has 0 atom stereocenters. The summed E-state index contributed by atoms with van der Waals surface area (Å²) in [5.74, 6) is -0.279. The lowest BCUT2D eigenvalue weighted by Gasteiger charge is -2.09. The molecule has 0 bridgehead atoms. The molecule has 104 valence electrons. The van der Waals surface area contributed by atoms with Gasteiger partial charge in [-0.2, -0.15) is 0 Å². The highest BCUT2D eigenvalue weighted by molar-refractivity contribution is 7.12. The average molecular weight is 288 g/mol. The van der Waals surface area contributed by atoms with Gasteiger partial charge >= 0.3 is 0 Å². The van der Waals surface area contributed by atoms with Crippen LogP contribution in [0.2, 0.25) is 0 Å². The second-order valence-electron chi connectivity index (χ2n) is 4.66. The Morgan fingerprint density at radius 2 is 1.75 bits per heavy atom. The molecule has 0 radical (unpaired) electrons. The topological polar surface area (TPSA) is 58.2 Å². The standard InChI is InChI=1S/C15H16N2O2S/c1-10(2)14(18)16-11-5-3-6-12(9-11)17-15(19)13-7-4-8-20-13/h3-10H,1-2H3,(H,16,18)(H,17,19). The highest BCUT2D eigenvalue weighted by Crippen LogP contribution is 2.18. The summed E-state index contributed by atoms with van der Waals surface area (Å²) in [6.45, 7) is 3.66. The van der Waals surface area contributed by atoms with Crippen molar-refractivity contribution in [1.82, 2.24) is 0 Å². The van der Waals surface area contributed by atoms with Crippen LogP contribution in [0.25, 0.3) is 0 Å². The molecule has 1 aromatic heterocycles. The molecule has 4 nitrogen and oxygen atoms in total. The van der Waals surface area contributed by atoms with Crippen LogP contribution in [0.1, 0.15) is 23.5 Å². The van der Waals surface area contributed by atoms with E-state index < -0.39 is 0 Å². The Bertz CT molecular complexity index is 606. The lowest BCUT2D eigenvalue weighted by atomic mass is 10.2. The quantitative estimate of drug-likeness (QED) is 0.903. The number of anilines is 2. The van der Waals surface area contributed by atoms with E-state index in [2.05, 4.69) is 10.6 Å².